The minimum absolute atomic E-state index is 0.0375. The van der Waals surface area contributed by atoms with Gasteiger partial charge in [0.05, 0.1) is 12.9 Å². The lowest BCUT2D eigenvalue weighted by Gasteiger charge is -2.02. The van der Waals surface area contributed by atoms with Gasteiger partial charge in [-0.1, -0.05) is 13.3 Å². The predicted octanol–water partition coefficient (Wildman–Crippen LogP) is 1.66. The van der Waals surface area contributed by atoms with Gasteiger partial charge in [-0.15, -0.1) is 11.8 Å². The Hall–Kier alpha value is -0.970. The second kappa shape index (κ2) is 7.44. The average Bonchev–Trinajstić information content (AvgIpc) is 2.15. The monoisotopic (exact) mass is 218 g/mol. The van der Waals surface area contributed by atoms with Crippen molar-refractivity contribution in [3.05, 3.63) is 11.0 Å². The lowest BCUT2D eigenvalue weighted by Crippen LogP contribution is -2.04. The van der Waals surface area contributed by atoms with E-state index in [4.69, 9.17) is 5.11 Å². The standard InChI is InChI=1S/C9H14O4S/c1-3-4-7(9(12)13-2)5-14-6-8(10)11/h5H,3-4,6H2,1-2H3,(H,10,11)/b7-5+. The molecule has 0 saturated carbocycles. The highest BCUT2D eigenvalue weighted by Gasteiger charge is 2.08. The molecule has 0 radical (unpaired) electrons. The Morgan fingerprint density at radius 2 is 2.14 bits per heavy atom. The van der Waals surface area contributed by atoms with Crippen LogP contribution in [-0.4, -0.2) is 29.9 Å². The Bertz CT molecular complexity index is 235. The van der Waals surface area contributed by atoms with Gasteiger partial charge in [0.15, 0.2) is 0 Å². The first-order valence-corrected chi connectivity index (χ1v) is 5.27. The first-order chi connectivity index (χ1) is 6.61. The molecule has 0 aliphatic heterocycles. The third-order valence-corrected chi connectivity index (χ3v) is 2.26. The van der Waals surface area contributed by atoms with E-state index in [9.17, 15) is 9.59 Å². The number of hydrogen-bond donors (Lipinski definition) is 1. The number of hydrogen-bond acceptors (Lipinski definition) is 4. The van der Waals surface area contributed by atoms with Crippen LogP contribution in [0, 0.1) is 0 Å². The van der Waals surface area contributed by atoms with Crippen molar-refractivity contribution in [2.24, 2.45) is 0 Å². The van der Waals surface area contributed by atoms with Crippen molar-refractivity contribution >= 4 is 23.7 Å². The summed E-state index contributed by atoms with van der Waals surface area (Å²) < 4.78 is 4.55. The molecule has 1 N–H and O–H groups in total. The minimum atomic E-state index is -0.896. The Morgan fingerprint density at radius 3 is 2.57 bits per heavy atom. The van der Waals surface area contributed by atoms with E-state index in [0.29, 0.717) is 12.0 Å². The van der Waals surface area contributed by atoms with Gasteiger partial charge in [-0.3, -0.25) is 4.79 Å². The fourth-order valence-corrected chi connectivity index (χ4v) is 1.46. The van der Waals surface area contributed by atoms with Gasteiger partial charge in [-0.2, -0.15) is 0 Å². The molecule has 0 heterocycles. The fraction of sp³-hybridized carbons (Fsp3) is 0.556. The van der Waals surface area contributed by atoms with Crippen molar-refractivity contribution in [3.63, 3.8) is 0 Å². The zero-order chi connectivity index (χ0) is 11.0. The lowest BCUT2D eigenvalue weighted by molar-refractivity contribution is -0.136. The summed E-state index contributed by atoms with van der Waals surface area (Å²) in [6, 6.07) is 0. The van der Waals surface area contributed by atoms with E-state index >= 15 is 0 Å². The minimum Gasteiger partial charge on any atom is -0.481 e. The van der Waals surface area contributed by atoms with E-state index in [-0.39, 0.29) is 11.7 Å². The summed E-state index contributed by atoms with van der Waals surface area (Å²) in [7, 11) is 1.31. The van der Waals surface area contributed by atoms with Gasteiger partial charge in [-0.05, 0) is 11.8 Å². The molecule has 0 unspecified atom stereocenters. The molecule has 0 aromatic heterocycles. The van der Waals surface area contributed by atoms with Crippen LogP contribution in [0.4, 0.5) is 0 Å². The number of methoxy groups -OCH3 is 1. The normalized spacial score (nSPS) is 11.1. The molecule has 0 aromatic carbocycles. The molecule has 0 aliphatic carbocycles. The quantitative estimate of drug-likeness (QED) is 0.542. The summed E-state index contributed by atoms with van der Waals surface area (Å²) in [4.78, 5) is 21.3. The van der Waals surface area contributed by atoms with Gasteiger partial charge in [0, 0.05) is 5.57 Å². The van der Waals surface area contributed by atoms with Gasteiger partial charge in [0.2, 0.25) is 0 Å². The average molecular weight is 218 g/mol. The van der Waals surface area contributed by atoms with Gasteiger partial charge in [0.1, 0.15) is 0 Å². The number of carbonyl (C=O) groups excluding carboxylic acids is 1. The van der Waals surface area contributed by atoms with E-state index in [2.05, 4.69) is 4.74 Å². The second-order valence-electron chi connectivity index (χ2n) is 2.59. The van der Waals surface area contributed by atoms with Crippen LogP contribution in [0.5, 0.6) is 0 Å². The van der Waals surface area contributed by atoms with Crippen LogP contribution in [0.3, 0.4) is 0 Å². The zero-order valence-electron chi connectivity index (χ0n) is 8.28. The molecule has 5 heteroatoms. The van der Waals surface area contributed by atoms with Gasteiger partial charge >= 0.3 is 11.9 Å². The van der Waals surface area contributed by atoms with E-state index in [0.717, 1.165) is 18.2 Å². The Balaban J connectivity index is 4.18. The van der Waals surface area contributed by atoms with Crippen LogP contribution in [0.2, 0.25) is 0 Å². The third kappa shape index (κ3) is 5.64. The van der Waals surface area contributed by atoms with Crippen LogP contribution in [0.1, 0.15) is 19.8 Å². The van der Waals surface area contributed by atoms with Crippen molar-refractivity contribution in [1.29, 1.82) is 0 Å². The number of rotatable bonds is 6. The predicted molar refractivity (Wildman–Crippen MR) is 55.1 cm³/mol. The summed E-state index contributed by atoms with van der Waals surface area (Å²) in [6.07, 6.45) is 1.44. The van der Waals surface area contributed by atoms with Crippen molar-refractivity contribution in [3.8, 4) is 0 Å². The Morgan fingerprint density at radius 1 is 1.50 bits per heavy atom. The molecule has 0 bridgehead atoms. The van der Waals surface area contributed by atoms with Crippen LogP contribution >= 0.6 is 11.8 Å². The van der Waals surface area contributed by atoms with Crippen LogP contribution in [0.15, 0.2) is 11.0 Å². The number of carboxylic acids is 1. The summed E-state index contributed by atoms with van der Waals surface area (Å²) in [6.45, 7) is 1.94. The van der Waals surface area contributed by atoms with Gasteiger partial charge in [0.25, 0.3) is 0 Å². The topological polar surface area (TPSA) is 63.6 Å². The number of carboxylic acid groups (broad SMARTS) is 1. The molecule has 0 aliphatic rings. The zero-order valence-corrected chi connectivity index (χ0v) is 9.10. The molecule has 14 heavy (non-hydrogen) atoms. The Labute approximate surface area is 87.3 Å². The SMILES string of the molecule is CCC/C(=C\SCC(=O)O)C(=O)OC. The molecule has 4 nitrogen and oxygen atoms in total. The van der Waals surface area contributed by atoms with Crippen LogP contribution in [-0.2, 0) is 14.3 Å². The maximum atomic E-state index is 11.1. The number of thioether (sulfide) groups is 1. The van der Waals surface area contributed by atoms with Crippen molar-refractivity contribution in [2.45, 2.75) is 19.8 Å². The molecule has 0 saturated heterocycles. The summed E-state index contributed by atoms with van der Waals surface area (Å²) in [5.41, 5.74) is 0.529. The fourth-order valence-electron chi connectivity index (χ4n) is 0.823. The molecule has 80 valence electrons. The summed E-state index contributed by atoms with van der Waals surface area (Å²) in [5.74, 6) is -1.32. The van der Waals surface area contributed by atoms with Crippen LogP contribution < -0.4 is 0 Å². The first kappa shape index (κ1) is 13.0. The molecule has 0 atom stereocenters. The van der Waals surface area contributed by atoms with E-state index in [1.807, 2.05) is 6.92 Å². The van der Waals surface area contributed by atoms with Gasteiger partial charge in [-0.25, -0.2) is 4.79 Å². The number of esters is 1. The number of carbonyl (C=O) groups is 2. The second-order valence-corrected chi connectivity index (χ2v) is 3.45. The number of aliphatic carboxylic acids is 1. The van der Waals surface area contributed by atoms with Gasteiger partial charge < -0.3 is 9.84 Å². The van der Waals surface area contributed by atoms with Crippen LogP contribution in [0.25, 0.3) is 0 Å². The highest BCUT2D eigenvalue weighted by molar-refractivity contribution is 8.02. The first-order valence-electron chi connectivity index (χ1n) is 4.22. The van der Waals surface area contributed by atoms with Crippen molar-refractivity contribution in [2.75, 3.05) is 12.9 Å². The van der Waals surface area contributed by atoms with Crippen molar-refractivity contribution < 1.29 is 19.4 Å². The molecule has 0 aromatic rings. The van der Waals surface area contributed by atoms with Crippen molar-refractivity contribution in [1.82, 2.24) is 0 Å². The third-order valence-electron chi connectivity index (χ3n) is 1.40. The molecule has 0 fully saturated rings. The molecular weight excluding hydrogens is 204 g/mol. The molecule has 0 spiro atoms. The highest BCUT2D eigenvalue weighted by atomic mass is 32.2. The van der Waals surface area contributed by atoms with E-state index in [1.54, 1.807) is 5.41 Å². The maximum absolute atomic E-state index is 11.1. The molecular formula is C9H14O4S. The lowest BCUT2D eigenvalue weighted by atomic mass is 10.2. The Kier molecular flexibility index (Phi) is 6.92. The smallest absolute Gasteiger partial charge is 0.334 e. The van der Waals surface area contributed by atoms with E-state index in [1.165, 1.54) is 7.11 Å². The number of ether oxygens (including phenoxy) is 1. The maximum Gasteiger partial charge on any atom is 0.334 e. The molecule has 0 amide bonds. The summed E-state index contributed by atoms with van der Waals surface area (Å²) in [5, 5.41) is 9.94. The van der Waals surface area contributed by atoms with E-state index < -0.39 is 5.97 Å². The summed E-state index contributed by atoms with van der Waals surface area (Å²) >= 11 is 1.09. The molecule has 0 rings (SSSR count). The highest BCUT2D eigenvalue weighted by Crippen LogP contribution is 2.13. The largest absolute Gasteiger partial charge is 0.481 e.